The minimum Gasteiger partial charge on any atom is -0.481 e. The Morgan fingerprint density at radius 1 is 0.667 bits per heavy atom. The molecule has 1 fully saturated rings. The molecule has 0 saturated heterocycles. The summed E-state index contributed by atoms with van der Waals surface area (Å²) in [5, 5.41) is 70.0. The van der Waals surface area contributed by atoms with E-state index in [9.17, 15) is 54.5 Å². The predicted octanol–water partition coefficient (Wildman–Crippen LogP) is 7.04. The lowest BCUT2D eigenvalue weighted by atomic mass is 9.85. The third-order valence-corrected chi connectivity index (χ3v) is 13.7. The minimum atomic E-state index is -5.28. The van der Waals surface area contributed by atoms with Gasteiger partial charge in [-0.15, -0.1) is 11.8 Å². The molecule has 398 valence electrons. The quantitative estimate of drug-likeness (QED) is 0.00975. The topological polar surface area (TPSA) is 293 Å². The second-order valence-corrected chi connectivity index (χ2v) is 20.1. The zero-order chi connectivity index (χ0) is 51.3. The number of phosphoric acid groups is 1. The van der Waals surface area contributed by atoms with Crippen molar-refractivity contribution in [3.05, 3.63) is 60.8 Å². The Balaban J connectivity index is 2.89. The Hall–Kier alpha value is -2.71. The van der Waals surface area contributed by atoms with E-state index in [2.05, 4.69) is 38.2 Å². The molecule has 1 aliphatic rings. The molecule has 1 aliphatic carbocycles. The summed E-state index contributed by atoms with van der Waals surface area (Å²) in [6.07, 6.45) is 24.4. The van der Waals surface area contributed by atoms with Crippen LogP contribution in [0.25, 0.3) is 0 Å². The van der Waals surface area contributed by atoms with Gasteiger partial charge < -0.3 is 55.8 Å². The number of rotatable bonds is 41. The molecule has 0 amide bonds. The molecule has 0 heterocycles. The van der Waals surface area contributed by atoms with Gasteiger partial charge in [0.25, 0.3) is 0 Å². The van der Waals surface area contributed by atoms with Crippen molar-refractivity contribution in [3.8, 4) is 0 Å². The van der Waals surface area contributed by atoms with Crippen molar-refractivity contribution >= 4 is 37.5 Å². The van der Waals surface area contributed by atoms with E-state index in [1.807, 2.05) is 18.2 Å². The monoisotopic (exact) mass is 1020 g/mol. The summed E-state index contributed by atoms with van der Waals surface area (Å²) in [7, 11) is -5.28. The van der Waals surface area contributed by atoms with Crippen LogP contribution in [0, 0.1) is 0 Å². The number of aliphatic hydroxyl groups excluding tert-OH is 6. The van der Waals surface area contributed by atoms with E-state index in [1.165, 1.54) is 44.9 Å². The van der Waals surface area contributed by atoms with Crippen LogP contribution in [-0.4, -0.2) is 138 Å². The summed E-state index contributed by atoms with van der Waals surface area (Å²) in [6, 6.07) is -1.33. The van der Waals surface area contributed by atoms with Crippen molar-refractivity contribution < 1.29 is 78.1 Å². The molecular weight excluding hydrogens is 934 g/mol. The highest BCUT2D eigenvalue weighted by atomic mass is 32.2. The Morgan fingerprint density at radius 2 is 1.20 bits per heavy atom. The van der Waals surface area contributed by atoms with Gasteiger partial charge in [-0.2, -0.15) is 0 Å². The molecule has 1 rings (SSSR count). The number of thioether (sulfide) groups is 1. The highest BCUT2D eigenvalue weighted by Crippen LogP contribution is 2.47. The van der Waals surface area contributed by atoms with Crippen molar-refractivity contribution in [2.75, 3.05) is 19.0 Å². The number of carbonyl (C=O) groups excluding carboxylic acids is 2. The molecule has 17 nitrogen and oxygen atoms in total. The maximum Gasteiger partial charge on any atom is 0.472 e. The summed E-state index contributed by atoms with van der Waals surface area (Å²) < 4.78 is 33.7. The molecule has 0 aliphatic heterocycles. The lowest BCUT2D eigenvalue weighted by Crippen LogP contribution is -2.64. The Labute approximate surface area is 414 Å². The van der Waals surface area contributed by atoms with Crippen LogP contribution in [-0.2, 0) is 37.5 Å². The molecule has 0 radical (unpaired) electrons. The number of carboxylic acids is 1. The number of aliphatic hydroxyl groups is 6. The molecule has 10 N–H and O–H groups in total. The molecule has 3 unspecified atom stereocenters. The number of nitrogens with two attached hydrogens (primary N) is 1. The second-order valence-electron chi connectivity index (χ2n) is 17.5. The number of phosphoric ester groups is 1. The van der Waals surface area contributed by atoms with Crippen molar-refractivity contribution in [2.45, 2.75) is 215 Å². The molecule has 0 aromatic carbocycles. The average Bonchev–Trinajstić information content (AvgIpc) is 3.32. The van der Waals surface area contributed by atoms with E-state index in [1.54, 1.807) is 18.2 Å². The van der Waals surface area contributed by atoms with Gasteiger partial charge >= 0.3 is 25.7 Å². The number of allylic oxidation sites excluding steroid dienone is 9. The highest BCUT2D eigenvalue weighted by Gasteiger charge is 2.51. The number of unbranched alkanes of at least 4 members (excludes halogenated alkanes) is 14. The fourth-order valence-corrected chi connectivity index (χ4v) is 9.22. The molecule has 0 spiro atoms. The largest absolute Gasteiger partial charge is 0.481 e. The van der Waals surface area contributed by atoms with Gasteiger partial charge in [-0.1, -0.05) is 139 Å². The van der Waals surface area contributed by atoms with Gasteiger partial charge in [-0.05, 0) is 64.2 Å². The third kappa shape index (κ3) is 31.4. The number of hydrogen-bond donors (Lipinski definition) is 9. The standard InChI is InChI=1S/C50H86NO16PS/c1-3-5-7-9-11-13-15-17-18-19-21-23-25-27-29-34-43(55)64-35-38(36-65-68(62,63)67-49-47(59)45(57)44(56)46(58)48(49)60)66-50(61)39(51)37-69-41(40(52)31-30-33-42(53)54)32-28-26-24-22-20-16-14-12-10-8-6-4-2/h12-15,20,22,24,26,28,32,38-41,44-49,52,56-60H,3-11,16-19,21,23,25,27,29-31,33-37,51H2,1-2H3,(H,53,54)(H,62,63)/b14-12-,15-13-,22-20-,26-24+,32-28+/t38-,39+,40+,41-,44?,45-,46+,47-,48-,49?/m1/s1. The van der Waals surface area contributed by atoms with E-state index in [0.29, 0.717) is 6.42 Å². The summed E-state index contributed by atoms with van der Waals surface area (Å²) >= 11 is 1.11. The summed E-state index contributed by atoms with van der Waals surface area (Å²) in [5.41, 5.74) is 6.21. The van der Waals surface area contributed by atoms with Crippen LogP contribution in [0.5, 0.6) is 0 Å². The van der Waals surface area contributed by atoms with Gasteiger partial charge in [0.05, 0.1) is 12.7 Å². The van der Waals surface area contributed by atoms with E-state index in [4.69, 9.17) is 29.4 Å². The lowest BCUT2D eigenvalue weighted by molar-refractivity contribution is -0.220. The summed E-state index contributed by atoms with van der Waals surface area (Å²) in [4.78, 5) is 47.7. The van der Waals surface area contributed by atoms with Crippen molar-refractivity contribution in [1.82, 2.24) is 0 Å². The Morgan fingerprint density at radius 3 is 1.83 bits per heavy atom. The predicted molar refractivity (Wildman–Crippen MR) is 268 cm³/mol. The first-order valence-corrected chi connectivity index (χ1v) is 27.6. The van der Waals surface area contributed by atoms with Crippen LogP contribution in [0.2, 0.25) is 0 Å². The average molecular weight is 1020 g/mol. The molecule has 0 aromatic heterocycles. The molecule has 69 heavy (non-hydrogen) atoms. The maximum absolute atomic E-state index is 13.3. The fraction of sp³-hybridized carbons (Fsp3) is 0.740. The highest BCUT2D eigenvalue weighted by molar-refractivity contribution is 8.00. The van der Waals surface area contributed by atoms with Gasteiger partial charge in [0.15, 0.2) is 6.10 Å². The summed E-state index contributed by atoms with van der Waals surface area (Å²) in [5.74, 6) is -2.75. The van der Waals surface area contributed by atoms with Crippen LogP contribution in [0.15, 0.2) is 60.8 Å². The van der Waals surface area contributed by atoms with Crippen LogP contribution in [0.3, 0.4) is 0 Å². The molecule has 0 aromatic rings. The number of aliphatic carboxylic acids is 1. The number of carboxylic acid groups (broad SMARTS) is 1. The SMILES string of the molecule is CCCCC/C=C\C\C=C/C=C/C=C/[C@@H](SC[C@H](N)C(=O)O[C@H](COC(=O)CCCCCCCCC/C=C\CCCCCC)COP(=O)(O)OC1[C@H](O)[C@H](O)C(O)[C@H](O)[C@H]1O)[C@@H](O)CCCC(=O)O. The molecule has 19 heteroatoms. The normalized spacial score (nSPS) is 22.7. The van der Waals surface area contributed by atoms with Gasteiger partial charge in [0, 0.05) is 23.8 Å². The molecule has 11 atom stereocenters. The first kappa shape index (κ1) is 64.3. The zero-order valence-electron chi connectivity index (χ0n) is 41.0. The van der Waals surface area contributed by atoms with E-state index >= 15 is 0 Å². The lowest BCUT2D eigenvalue weighted by Gasteiger charge is -2.41. The van der Waals surface area contributed by atoms with E-state index in [0.717, 1.165) is 76.0 Å². The minimum absolute atomic E-state index is 0.0575. The van der Waals surface area contributed by atoms with Crippen molar-refractivity contribution in [3.63, 3.8) is 0 Å². The molecule has 1 saturated carbocycles. The number of hydrogen-bond acceptors (Lipinski definition) is 16. The van der Waals surface area contributed by atoms with E-state index in [-0.39, 0.29) is 31.4 Å². The van der Waals surface area contributed by atoms with Crippen LogP contribution in [0.4, 0.5) is 0 Å². The second kappa shape index (κ2) is 39.9. The van der Waals surface area contributed by atoms with Gasteiger partial charge in [0.1, 0.15) is 49.3 Å². The Kier molecular flexibility index (Phi) is 37.1. The fourth-order valence-electron chi connectivity index (χ4n) is 7.12. The molecule has 0 bridgehead atoms. The van der Waals surface area contributed by atoms with Gasteiger partial charge in [-0.3, -0.25) is 23.4 Å². The number of ether oxygens (including phenoxy) is 2. The van der Waals surface area contributed by atoms with Crippen LogP contribution >= 0.6 is 19.6 Å². The van der Waals surface area contributed by atoms with E-state index < -0.39 is 99.1 Å². The first-order valence-electron chi connectivity index (χ1n) is 25.0. The third-order valence-electron chi connectivity index (χ3n) is 11.3. The first-order chi connectivity index (χ1) is 33.0. The zero-order valence-corrected chi connectivity index (χ0v) is 42.7. The number of carbonyl (C=O) groups is 3. The van der Waals surface area contributed by atoms with Crippen LogP contribution in [0.1, 0.15) is 155 Å². The van der Waals surface area contributed by atoms with Gasteiger partial charge in [-0.25, -0.2) is 4.57 Å². The number of esters is 2. The summed E-state index contributed by atoms with van der Waals surface area (Å²) in [6.45, 7) is 2.83. The maximum atomic E-state index is 13.3. The molecular formula is C50H86NO16PS. The van der Waals surface area contributed by atoms with Crippen LogP contribution < -0.4 is 5.73 Å². The smallest absolute Gasteiger partial charge is 0.472 e. The van der Waals surface area contributed by atoms with Crippen molar-refractivity contribution in [2.24, 2.45) is 5.73 Å². The van der Waals surface area contributed by atoms with Crippen molar-refractivity contribution in [1.29, 1.82) is 0 Å². The Bertz CT molecular complexity index is 1560. The van der Waals surface area contributed by atoms with Gasteiger partial charge in [0.2, 0.25) is 0 Å².